The highest BCUT2D eigenvalue weighted by molar-refractivity contribution is 5.77. The fourth-order valence-corrected chi connectivity index (χ4v) is 1.89. The van der Waals surface area contributed by atoms with Crippen molar-refractivity contribution in [2.45, 2.75) is 13.8 Å². The smallest absolute Gasteiger partial charge is 0.0607 e. The molecular formula is C14H14N4. The molecular weight excluding hydrogens is 224 g/mol. The summed E-state index contributed by atoms with van der Waals surface area (Å²) >= 11 is 0. The van der Waals surface area contributed by atoms with Crippen molar-refractivity contribution in [2.75, 3.05) is 5.73 Å². The normalized spacial score (nSPS) is 9.89. The van der Waals surface area contributed by atoms with E-state index in [9.17, 15) is 0 Å². The summed E-state index contributed by atoms with van der Waals surface area (Å²) in [5.41, 5.74) is 19.7. The molecule has 0 saturated heterocycles. The lowest BCUT2D eigenvalue weighted by Crippen LogP contribution is -1.90. The van der Waals surface area contributed by atoms with Gasteiger partial charge in [-0.3, -0.25) is 0 Å². The van der Waals surface area contributed by atoms with Gasteiger partial charge in [-0.15, -0.1) is 0 Å². The Balaban J connectivity index is 2.55. The lowest BCUT2D eigenvalue weighted by Gasteiger charge is -2.09. The Morgan fingerprint density at radius 3 is 2.39 bits per heavy atom. The minimum atomic E-state index is 0.478. The summed E-state index contributed by atoms with van der Waals surface area (Å²) in [5, 5.41) is 3.57. The zero-order valence-corrected chi connectivity index (χ0v) is 10.4. The number of anilines is 1. The number of nitrogens with two attached hydrogens (primary N) is 1. The fourth-order valence-electron chi connectivity index (χ4n) is 1.89. The largest absolute Gasteiger partial charge is 0.398 e. The Kier molecular flexibility index (Phi) is 3.22. The summed E-state index contributed by atoms with van der Waals surface area (Å²) in [6, 6.07) is 11.9. The molecule has 90 valence electrons. The van der Waals surface area contributed by atoms with E-state index in [0.29, 0.717) is 11.4 Å². The second-order valence-corrected chi connectivity index (χ2v) is 4.28. The van der Waals surface area contributed by atoms with Crippen molar-refractivity contribution in [3.8, 4) is 11.1 Å². The molecule has 2 N–H and O–H groups in total. The second kappa shape index (κ2) is 4.82. The predicted molar refractivity (Wildman–Crippen MR) is 74.6 cm³/mol. The van der Waals surface area contributed by atoms with Crippen molar-refractivity contribution in [2.24, 2.45) is 5.11 Å². The van der Waals surface area contributed by atoms with Gasteiger partial charge < -0.3 is 5.73 Å². The van der Waals surface area contributed by atoms with Crippen LogP contribution in [0.1, 0.15) is 11.1 Å². The van der Waals surface area contributed by atoms with Crippen molar-refractivity contribution in [3.05, 3.63) is 58.0 Å². The van der Waals surface area contributed by atoms with Crippen LogP contribution in [-0.4, -0.2) is 0 Å². The minimum absolute atomic E-state index is 0.478. The van der Waals surface area contributed by atoms with Crippen molar-refractivity contribution in [1.82, 2.24) is 0 Å². The maximum atomic E-state index is 8.45. The van der Waals surface area contributed by atoms with E-state index in [-0.39, 0.29) is 0 Å². The summed E-state index contributed by atoms with van der Waals surface area (Å²) in [5.74, 6) is 0. The van der Waals surface area contributed by atoms with Crippen LogP contribution < -0.4 is 5.73 Å². The van der Waals surface area contributed by atoms with E-state index in [0.717, 1.165) is 16.7 Å². The van der Waals surface area contributed by atoms with Gasteiger partial charge in [0.2, 0.25) is 0 Å². The van der Waals surface area contributed by atoms with Crippen molar-refractivity contribution in [3.63, 3.8) is 0 Å². The lowest BCUT2D eigenvalue weighted by atomic mass is 9.98. The number of azide groups is 1. The predicted octanol–water partition coefficient (Wildman–Crippen LogP) is 4.49. The van der Waals surface area contributed by atoms with Gasteiger partial charge in [0.05, 0.1) is 5.69 Å². The molecule has 0 bridgehead atoms. The number of benzene rings is 2. The first-order chi connectivity index (χ1) is 8.61. The molecule has 0 heterocycles. The van der Waals surface area contributed by atoms with Gasteiger partial charge in [-0.2, -0.15) is 0 Å². The van der Waals surface area contributed by atoms with Gasteiger partial charge in [0.1, 0.15) is 0 Å². The van der Waals surface area contributed by atoms with Crippen LogP contribution in [0.5, 0.6) is 0 Å². The number of nitrogens with zero attached hydrogens (tertiary/aromatic N) is 3. The Morgan fingerprint density at radius 2 is 1.78 bits per heavy atom. The van der Waals surface area contributed by atoms with Crippen LogP contribution in [-0.2, 0) is 0 Å². The van der Waals surface area contributed by atoms with E-state index >= 15 is 0 Å². The molecule has 2 rings (SSSR count). The fraction of sp³-hybridized carbons (Fsp3) is 0.143. The Morgan fingerprint density at radius 1 is 1.11 bits per heavy atom. The van der Waals surface area contributed by atoms with Crippen LogP contribution in [0, 0.1) is 13.8 Å². The molecule has 2 aromatic carbocycles. The maximum absolute atomic E-state index is 8.45. The van der Waals surface area contributed by atoms with E-state index in [4.69, 9.17) is 11.3 Å². The first-order valence-corrected chi connectivity index (χ1v) is 5.64. The number of hydrogen-bond acceptors (Lipinski definition) is 2. The zero-order chi connectivity index (χ0) is 13.1. The average molecular weight is 238 g/mol. The third-order valence-electron chi connectivity index (χ3n) is 2.89. The van der Waals surface area contributed by atoms with E-state index in [1.807, 2.05) is 19.1 Å². The number of aryl methyl sites for hydroxylation is 2. The Bertz CT molecular complexity index is 623. The van der Waals surface area contributed by atoms with Crippen LogP contribution in [0.3, 0.4) is 0 Å². The molecule has 0 fully saturated rings. The quantitative estimate of drug-likeness (QED) is 0.356. The van der Waals surface area contributed by atoms with Crippen LogP contribution in [0.25, 0.3) is 21.6 Å². The molecule has 0 radical (unpaired) electrons. The highest BCUT2D eigenvalue weighted by Gasteiger charge is 2.06. The van der Waals surface area contributed by atoms with E-state index in [1.54, 1.807) is 0 Å². The van der Waals surface area contributed by atoms with E-state index < -0.39 is 0 Å². The summed E-state index contributed by atoms with van der Waals surface area (Å²) in [6.45, 7) is 4.03. The molecule has 4 heteroatoms. The van der Waals surface area contributed by atoms with Crippen LogP contribution in [0.2, 0.25) is 0 Å². The molecule has 0 saturated carbocycles. The molecule has 0 unspecified atom stereocenters. The molecule has 0 amide bonds. The van der Waals surface area contributed by atoms with Crippen LogP contribution in [0.15, 0.2) is 41.5 Å². The third kappa shape index (κ3) is 2.29. The molecule has 0 aliphatic heterocycles. The van der Waals surface area contributed by atoms with E-state index in [1.165, 1.54) is 5.56 Å². The van der Waals surface area contributed by atoms with Crippen molar-refractivity contribution >= 4 is 11.4 Å². The standard InChI is InChI=1S/C14H14N4/c1-9-3-5-11(6-4-9)12-8-13(15)14(17-18-16)7-10(12)2/h3-8H,15H2,1-2H3. The molecule has 0 aromatic heterocycles. The summed E-state index contributed by atoms with van der Waals surface area (Å²) in [4.78, 5) is 2.77. The average Bonchev–Trinajstić information content (AvgIpc) is 2.35. The van der Waals surface area contributed by atoms with Crippen LogP contribution >= 0.6 is 0 Å². The van der Waals surface area contributed by atoms with Crippen molar-refractivity contribution < 1.29 is 0 Å². The van der Waals surface area contributed by atoms with Crippen molar-refractivity contribution in [1.29, 1.82) is 0 Å². The topological polar surface area (TPSA) is 74.8 Å². The first kappa shape index (κ1) is 12.0. The molecule has 0 aliphatic carbocycles. The van der Waals surface area contributed by atoms with Gasteiger partial charge in [-0.25, -0.2) is 0 Å². The lowest BCUT2D eigenvalue weighted by molar-refractivity contribution is 1.39. The first-order valence-electron chi connectivity index (χ1n) is 5.64. The number of hydrogen-bond donors (Lipinski definition) is 1. The second-order valence-electron chi connectivity index (χ2n) is 4.28. The van der Waals surface area contributed by atoms with Gasteiger partial charge in [-0.1, -0.05) is 34.9 Å². The summed E-state index contributed by atoms with van der Waals surface area (Å²) in [7, 11) is 0. The molecule has 18 heavy (non-hydrogen) atoms. The zero-order valence-electron chi connectivity index (χ0n) is 10.4. The van der Waals surface area contributed by atoms with Gasteiger partial charge in [0.25, 0.3) is 0 Å². The Labute approximate surface area is 106 Å². The molecule has 4 nitrogen and oxygen atoms in total. The summed E-state index contributed by atoms with van der Waals surface area (Å²) in [6.07, 6.45) is 0. The number of nitrogen functional groups attached to an aromatic ring is 1. The van der Waals surface area contributed by atoms with Gasteiger partial charge in [-0.05, 0) is 48.2 Å². The van der Waals surface area contributed by atoms with E-state index in [2.05, 4.69) is 41.2 Å². The highest BCUT2D eigenvalue weighted by Crippen LogP contribution is 2.32. The molecule has 2 aromatic rings. The monoisotopic (exact) mass is 238 g/mol. The Hall–Kier alpha value is -2.45. The minimum Gasteiger partial charge on any atom is -0.398 e. The molecule has 0 atom stereocenters. The molecule has 0 aliphatic rings. The van der Waals surface area contributed by atoms with Crippen LogP contribution in [0.4, 0.5) is 11.4 Å². The number of rotatable bonds is 2. The summed E-state index contributed by atoms with van der Waals surface area (Å²) < 4.78 is 0. The van der Waals surface area contributed by atoms with Gasteiger partial charge in [0, 0.05) is 10.6 Å². The molecule has 0 spiro atoms. The van der Waals surface area contributed by atoms with Gasteiger partial charge >= 0.3 is 0 Å². The maximum Gasteiger partial charge on any atom is 0.0607 e. The SMILES string of the molecule is Cc1ccc(-c2cc(N)c(N=[N+]=[N-])cc2C)cc1. The highest BCUT2D eigenvalue weighted by atomic mass is 15.1. The van der Waals surface area contributed by atoms with Gasteiger partial charge in [0.15, 0.2) is 0 Å². The third-order valence-corrected chi connectivity index (χ3v) is 2.89.